The molecule has 0 saturated carbocycles. The van der Waals surface area contributed by atoms with Gasteiger partial charge in [-0.05, 0) is 37.6 Å². The Kier molecular flexibility index (Phi) is 5.69. The third kappa shape index (κ3) is 4.70. The Bertz CT molecular complexity index is 462. The van der Waals surface area contributed by atoms with Crippen molar-refractivity contribution >= 4 is 33.4 Å². The lowest BCUT2D eigenvalue weighted by molar-refractivity contribution is -0.127. The van der Waals surface area contributed by atoms with Crippen molar-refractivity contribution in [2.24, 2.45) is 0 Å². The minimum atomic E-state index is -0.572. The molecule has 0 heterocycles. The summed E-state index contributed by atoms with van der Waals surface area (Å²) in [5.74, 6) is 0.463. The van der Waals surface area contributed by atoms with Crippen molar-refractivity contribution in [1.29, 1.82) is 0 Å². The van der Waals surface area contributed by atoms with E-state index in [0.717, 1.165) is 5.56 Å². The Balaban J connectivity index is 2.60. The Morgan fingerprint density at radius 2 is 2.28 bits per heavy atom. The van der Waals surface area contributed by atoms with Crippen LogP contribution in [0.25, 0.3) is 0 Å². The Morgan fingerprint density at radius 3 is 2.83 bits per heavy atom. The first-order chi connectivity index (χ1) is 8.40. The zero-order valence-electron chi connectivity index (χ0n) is 10.3. The van der Waals surface area contributed by atoms with Crippen molar-refractivity contribution in [1.82, 2.24) is 5.32 Å². The van der Waals surface area contributed by atoms with Crippen molar-refractivity contribution in [3.8, 4) is 5.75 Å². The summed E-state index contributed by atoms with van der Waals surface area (Å²) in [4.78, 5) is 11.7. The molecular formula is C13H15BrClNO2. The lowest BCUT2D eigenvalue weighted by Gasteiger charge is -2.16. The van der Waals surface area contributed by atoms with E-state index < -0.39 is 6.10 Å². The molecule has 0 saturated heterocycles. The van der Waals surface area contributed by atoms with E-state index in [-0.39, 0.29) is 5.91 Å². The monoisotopic (exact) mass is 331 g/mol. The first-order valence-electron chi connectivity index (χ1n) is 5.44. The van der Waals surface area contributed by atoms with E-state index in [0.29, 0.717) is 21.8 Å². The fraction of sp³-hybridized carbons (Fsp3) is 0.308. The van der Waals surface area contributed by atoms with Gasteiger partial charge < -0.3 is 10.1 Å². The molecule has 1 aromatic carbocycles. The number of carbonyl (C=O) groups excluding carboxylic acids is 1. The molecule has 1 aromatic rings. The molecule has 98 valence electrons. The number of rotatable bonds is 5. The average molecular weight is 333 g/mol. The van der Waals surface area contributed by atoms with Gasteiger partial charge in [-0.25, -0.2) is 0 Å². The minimum absolute atomic E-state index is 0.190. The summed E-state index contributed by atoms with van der Waals surface area (Å²) < 4.78 is 6.29. The molecule has 1 unspecified atom stereocenters. The molecule has 0 fully saturated rings. The molecular weight excluding hydrogens is 318 g/mol. The molecule has 0 aromatic heterocycles. The van der Waals surface area contributed by atoms with Gasteiger partial charge in [0.1, 0.15) is 5.75 Å². The Labute approximate surface area is 120 Å². The summed E-state index contributed by atoms with van der Waals surface area (Å²) in [5.41, 5.74) is 0.895. The van der Waals surface area contributed by atoms with Crippen LogP contribution in [-0.4, -0.2) is 18.6 Å². The summed E-state index contributed by atoms with van der Waals surface area (Å²) >= 11 is 9.02. The van der Waals surface area contributed by atoms with Gasteiger partial charge >= 0.3 is 0 Å². The molecule has 1 rings (SSSR count). The fourth-order valence-corrected chi connectivity index (χ4v) is 1.68. The van der Waals surface area contributed by atoms with E-state index in [1.807, 2.05) is 6.92 Å². The number of halogens is 2. The molecule has 0 aliphatic carbocycles. The number of aryl methyl sites for hydroxylation is 1. The number of hydrogen-bond acceptors (Lipinski definition) is 2. The minimum Gasteiger partial charge on any atom is -0.481 e. The average Bonchev–Trinajstić information content (AvgIpc) is 2.29. The van der Waals surface area contributed by atoms with E-state index in [2.05, 4.69) is 27.8 Å². The maximum absolute atomic E-state index is 11.7. The van der Waals surface area contributed by atoms with E-state index in [9.17, 15) is 4.79 Å². The maximum Gasteiger partial charge on any atom is 0.261 e. The normalized spacial score (nSPS) is 11.8. The summed E-state index contributed by atoms with van der Waals surface area (Å²) in [6.07, 6.45) is -0.572. The number of hydrogen-bond donors (Lipinski definition) is 1. The van der Waals surface area contributed by atoms with Crippen LogP contribution in [0.4, 0.5) is 0 Å². The number of ether oxygens (including phenoxy) is 1. The topological polar surface area (TPSA) is 38.3 Å². The quantitative estimate of drug-likeness (QED) is 0.897. The van der Waals surface area contributed by atoms with Gasteiger partial charge in [0, 0.05) is 16.0 Å². The molecule has 0 radical (unpaired) electrons. The molecule has 0 aliphatic heterocycles. The van der Waals surface area contributed by atoms with Gasteiger partial charge in [-0.3, -0.25) is 4.79 Å². The summed E-state index contributed by atoms with van der Waals surface area (Å²) in [6, 6.07) is 5.28. The van der Waals surface area contributed by atoms with Crippen LogP contribution in [0.1, 0.15) is 12.5 Å². The second-order valence-electron chi connectivity index (χ2n) is 3.90. The number of amides is 1. The second-order valence-corrected chi connectivity index (χ2v) is 5.46. The van der Waals surface area contributed by atoms with Gasteiger partial charge in [-0.1, -0.05) is 34.1 Å². The first-order valence-corrected chi connectivity index (χ1v) is 6.61. The van der Waals surface area contributed by atoms with E-state index in [1.165, 1.54) is 0 Å². The number of nitrogens with one attached hydrogen (secondary N) is 1. The lowest BCUT2D eigenvalue weighted by Crippen LogP contribution is -2.36. The van der Waals surface area contributed by atoms with Crippen LogP contribution in [0.15, 0.2) is 29.3 Å². The Hall–Kier alpha value is -1.00. The highest BCUT2D eigenvalue weighted by Crippen LogP contribution is 2.22. The fourth-order valence-electron chi connectivity index (χ4n) is 1.32. The Morgan fingerprint density at radius 1 is 1.61 bits per heavy atom. The highest BCUT2D eigenvalue weighted by atomic mass is 79.9. The highest BCUT2D eigenvalue weighted by Gasteiger charge is 2.15. The maximum atomic E-state index is 11.7. The van der Waals surface area contributed by atoms with Crippen molar-refractivity contribution in [3.05, 3.63) is 39.8 Å². The smallest absolute Gasteiger partial charge is 0.261 e. The lowest BCUT2D eigenvalue weighted by atomic mass is 10.2. The first kappa shape index (κ1) is 15.1. The van der Waals surface area contributed by atoms with Gasteiger partial charge in [0.2, 0.25) is 0 Å². The van der Waals surface area contributed by atoms with Crippen molar-refractivity contribution in [3.63, 3.8) is 0 Å². The van der Waals surface area contributed by atoms with Gasteiger partial charge in [0.15, 0.2) is 6.10 Å². The summed E-state index contributed by atoms with van der Waals surface area (Å²) in [6.45, 7) is 7.60. The number of benzene rings is 1. The largest absolute Gasteiger partial charge is 0.481 e. The molecule has 1 atom stereocenters. The van der Waals surface area contributed by atoms with Crippen LogP contribution in [-0.2, 0) is 4.79 Å². The molecule has 1 N–H and O–H groups in total. The third-order valence-electron chi connectivity index (χ3n) is 2.26. The van der Waals surface area contributed by atoms with Gasteiger partial charge in [0.05, 0.1) is 0 Å². The second kappa shape index (κ2) is 6.81. The van der Waals surface area contributed by atoms with Gasteiger partial charge in [0.25, 0.3) is 5.91 Å². The van der Waals surface area contributed by atoms with Crippen LogP contribution < -0.4 is 10.1 Å². The van der Waals surface area contributed by atoms with E-state index in [1.54, 1.807) is 25.1 Å². The van der Waals surface area contributed by atoms with E-state index in [4.69, 9.17) is 16.3 Å². The van der Waals surface area contributed by atoms with Gasteiger partial charge in [-0.15, -0.1) is 0 Å². The van der Waals surface area contributed by atoms with Crippen LogP contribution in [0, 0.1) is 6.92 Å². The summed E-state index contributed by atoms with van der Waals surface area (Å²) in [7, 11) is 0. The summed E-state index contributed by atoms with van der Waals surface area (Å²) in [5, 5.41) is 3.34. The predicted molar refractivity (Wildman–Crippen MR) is 77.4 cm³/mol. The van der Waals surface area contributed by atoms with Gasteiger partial charge in [-0.2, -0.15) is 0 Å². The zero-order valence-corrected chi connectivity index (χ0v) is 12.6. The van der Waals surface area contributed by atoms with Crippen molar-refractivity contribution < 1.29 is 9.53 Å². The van der Waals surface area contributed by atoms with Crippen LogP contribution in [0.5, 0.6) is 5.75 Å². The molecule has 18 heavy (non-hydrogen) atoms. The highest BCUT2D eigenvalue weighted by molar-refractivity contribution is 9.11. The molecule has 3 nitrogen and oxygen atoms in total. The molecule has 0 bridgehead atoms. The molecule has 0 spiro atoms. The molecule has 5 heteroatoms. The SMILES string of the molecule is C=C(Br)CNC(=O)C(C)Oc1ccc(Cl)cc1C. The van der Waals surface area contributed by atoms with Crippen molar-refractivity contribution in [2.45, 2.75) is 20.0 Å². The number of carbonyl (C=O) groups is 1. The standard InChI is InChI=1S/C13H15BrClNO2/c1-8-6-11(15)4-5-12(8)18-10(3)13(17)16-7-9(2)14/h4-6,10H,2,7H2,1,3H3,(H,16,17). The third-order valence-corrected chi connectivity index (χ3v) is 2.78. The predicted octanol–water partition coefficient (Wildman–Crippen LogP) is 3.44. The van der Waals surface area contributed by atoms with E-state index >= 15 is 0 Å². The van der Waals surface area contributed by atoms with Crippen LogP contribution in [0.3, 0.4) is 0 Å². The zero-order chi connectivity index (χ0) is 13.7. The van der Waals surface area contributed by atoms with Crippen LogP contribution in [0.2, 0.25) is 5.02 Å². The molecule has 0 aliphatic rings. The molecule has 1 amide bonds. The van der Waals surface area contributed by atoms with Crippen molar-refractivity contribution in [2.75, 3.05) is 6.54 Å². The van der Waals surface area contributed by atoms with Crippen LogP contribution >= 0.6 is 27.5 Å².